The fourth-order valence-corrected chi connectivity index (χ4v) is 3.11. The lowest BCUT2D eigenvalue weighted by Crippen LogP contribution is -2.58. The van der Waals surface area contributed by atoms with Gasteiger partial charge in [-0.1, -0.05) is 13.8 Å². The van der Waals surface area contributed by atoms with Crippen molar-refractivity contribution in [3.63, 3.8) is 0 Å². The third kappa shape index (κ3) is 9.20. The topological polar surface area (TPSA) is 201 Å². The predicted molar refractivity (Wildman–Crippen MR) is 115 cm³/mol. The predicted octanol–water partition coefficient (Wildman–Crippen LogP) is -1.99. The average Bonchev–Trinajstić information content (AvgIpc) is 3.22. The number of carbonyl (C=O) groups excluding carboxylic acids is 3. The standard InChI is InChI=1S/C19H35N7O5/c1-10(2)14(17(29)24-11(3)18(30)31)26-16(28)13(7-5-9-23-19(20)21)25-15(27)12-6-4-8-22-12/h10-14,22H,4-9H2,1-3H3,(H,24,29)(H,25,27)(H,26,28)(H,30,31)(H4,20,21,23). The first kappa shape index (κ1) is 26.1. The van der Waals surface area contributed by atoms with Gasteiger partial charge >= 0.3 is 5.97 Å². The van der Waals surface area contributed by atoms with Crippen molar-refractivity contribution < 1.29 is 24.3 Å². The van der Waals surface area contributed by atoms with Crippen LogP contribution in [0.3, 0.4) is 0 Å². The second-order valence-electron chi connectivity index (χ2n) is 7.96. The number of rotatable bonds is 12. The van der Waals surface area contributed by atoms with Crippen LogP contribution in [0.15, 0.2) is 4.99 Å². The number of amides is 3. The van der Waals surface area contributed by atoms with Crippen molar-refractivity contribution in [1.82, 2.24) is 21.3 Å². The molecule has 0 saturated carbocycles. The Bertz CT molecular complexity index is 673. The number of nitrogens with one attached hydrogen (secondary N) is 4. The number of aliphatic imine (C=N–C) groups is 1. The minimum Gasteiger partial charge on any atom is -0.480 e. The van der Waals surface area contributed by atoms with Gasteiger partial charge in [0.05, 0.1) is 6.04 Å². The third-order valence-electron chi connectivity index (χ3n) is 4.93. The molecule has 0 spiro atoms. The number of guanidine groups is 1. The first-order valence-corrected chi connectivity index (χ1v) is 10.5. The second kappa shape index (κ2) is 12.7. The number of hydrogen-bond acceptors (Lipinski definition) is 6. The summed E-state index contributed by atoms with van der Waals surface area (Å²) in [6.45, 7) is 5.81. The van der Waals surface area contributed by atoms with Crippen molar-refractivity contribution in [2.24, 2.45) is 22.4 Å². The molecule has 0 aromatic rings. The van der Waals surface area contributed by atoms with Crippen LogP contribution in [0.25, 0.3) is 0 Å². The van der Waals surface area contributed by atoms with Gasteiger partial charge in [-0.15, -0.1) is 0 Å². The molecule has 3 amide bonds. The van der Waals surface area contributed by atoms with Gasteiger partial charge in [0.1, 0.15) is 18.1 Å². The summed E-state index contributed by atoms with van der Waals surface area (Å²) in [4.78, 5) is 52.8. The Morgan fingerprint density at radius 3 is 2.29 bits per heavy atom. The molecule has 4 atom stereocenters. The molecular formula is C19H35N7O5. The Kier molecular flexibility index (Phi) is 10.7. The van der Waals surface area contributed by atoms with E-state index in [4.69, 9.17) is 16.6 Å². The van der Waals surface area contributed by atoms with Crippen LogP contribution >= 0.6 is 0 Å². The van der Waals surface area contributed by atoms with Gasteiger partial charge in [0.25, 0.3) is 0 Å². The molecule has 31 heavy (non-hydrogen) atoms. The number of nitrogens with two attached hydrogens (primary N) is 2. The van der Waals surface area contributed by atoms with Gasteiger partial charge < -0.3 is 37.8 Å². The molecule has 1 rings (SSSR count). The van der Waals surface area contributed by atoms with E-state index in [1.165, 1.54) is 6.92 Å². The van der Waals surface area contributed by atoms with E-state index in [9.17, 15) is 19.2 Å². The van der Waals surface area contributed by atoms with Crippen LogP contribution in [0.2, 0.25) is 0 Å². The summed E-state index contributed by atoms with van der Waals surface area (Å²) < 4.78 is 0. The summed E-state index contributed by atoms with van der Waals surface area (Å²) in [5.74, 6) is -2.99. The van der Waals surface area contributed by atoms with E-state index in [1.807, 2.05) is 0 Å². The molecular weight excluding hydrogens is 406 g/mol. The molecule has 0 radical (unpaired) electrons. The van der Waals surface area contributed by atoms with E-state index in [0.29, 0.717) is 12.8 Å². The van der Waals surface area contributed by atoms with E-state index in [2.05, 4.69) is 26.3 Å². The van der Waals surface area contributed by atoms with Gasteiger partial charge in [-0.3, -0.25) is 24.2 Å². The Morgan fingerprint density at radius 1 is 1.10 bits per heavy atom. The van der Waals surface area contributed by atoms with Gasteiger partial charge in [0, 0.05) is 6.54 Å². The number of aliphatic carboxylic acids is 1. The maximum absolute atomic E-state index is 12.9. The summed E-state index contributed by atoms with van der Waals surface area (Å²) in [5, 5.41) is 19.8. The number of carbonyl (C=O) groups is 4. The fraction of sp³-hybridized carbons (Fsp3) is 0.737. The molecule has 1 aliphatic heterocycles. The molecule has 12 nitrogen and oxygen atoms in total. The third-order valence-corrected chi connectivity index (χ3v) is 4.93. The quantitative estimate of drug-likeness (QED) is 0.102. The van der Waals surface area contributed by atoms with Crippen LogP contribution in [0.4, 0.5) is 0 Å². The zero-order valence-electron chi connectivity index (χ0n) is 18.3. The van der Waals surface area contributed by atoms with Gasteiger partial charge in [-0.2, -0.15) is 0 Å². The van der Waals surface area contributed by atoms with Crippen molar-refractivity contribution in [3.05, 3.63) is 0 Å². The smallest absolute Gasteiger partial charge is 0.325 e. The molecule has 1 fully saturated rings. The van der Waals surface area contributed by atoms with Gasteiger partial charge in [0.2, 0.25) is 17.7 Å². The molecule has 0 aliphatic carbocycles. The number of carboxylic acids is 1. The Hall–Kier alpha value is -2.89. The minimum absolute atomic E-state index is 0.0655. The van der Waals surface area contributed by atoms with E-state index in [0.717, 1.165) is 13.0 Å². The molecule has 9 N–H and O–H groups in total. The van der Waals surface area contributed by atoms with Crippen LogP contribution < -0.4 is 32.7 Å². The van der Waals surface area contributed by atoms with E-state index in [1.54, 1.807) is 13.8 Å². The van der Waals surface area contributed by atoms with Gasteiger partial charge in [0.15, 0.2) is 5.96 Å². The molecule has 1 heterocycles. The van der Waals surface area contributed by atoms with Gasteiger partial charge in [-0.05, 0) is 45.1 Å². The zero-order valence-corrected chi connectivity index (χ0v) is 18.3. The normalized spacial score (nSPS) is 18.5. The number of nitrogens with zero attached hydrogens (tertiary/aromatic N) is 1. The van der Waals surface area contributed by atoms with Crippen molar-refractivity contribution in [3.8, 4) is 0 Å². The largest absolute Gasteiger partial charge is 0.480 e. The monoisotopic (exact) mass is 441 g/mol. The minimum atomic E-state index is -1.18. The lowest BCUT2D eigenvalue weighted by molar-refractivity contribution is -0.142. The summed E-state index contributed by atoms with van der Waals surface area (Å²) in [5.41, 5.74) is 10.6. The fourth-order valence-electron chi connectivity index (χ4n) is 3.11. The highest BCUT2D eigenvalue weighted by Crippen LogP contribution is 2.08. The number of hydrogen-bond donors (Lipinski definition) is 7. The van der Waals surface area contributed by atoms with Crippen LogP contribution in [-0.4, -0.2) is 72.0 Å². The second-order valence-corrected chi connectivity index (χ2v) is 7.96. The van der Waals surface area contributed by atoms with Crippen molar-refractivity contribution in [2.75, 3.05) is 13.1 Å². The van der Waals surface area contributed by atoms with Crippen molar-refractivity contribution >= 4 is 29.7 Å². The summed E-state index contributed by atoms with van der Waals surface area (Å²) in [6.07, 6.45) is 2.25. The molecule has 1 aliphatic rings. The highest BCUT2D eigenvalue weighted by Gasteiger charge is 2.31. The Labute approximate surface area is 182 Å². The van der Waals surface area contributed by atoms with E-state index in [-0.39, 0.29) is 36.8 Å². The average molecular weight is 442 g/mol. The van der Waals surface area contributed by atoms with Gasteiger partial charge in [-0.25, -0.2) is 0 Å². The Balaban J connectivity index is 2.85. The van der Waals surface area contributed by atoms with Crippen LogP contribution in [0.5, 0.6) is 0 Å². The van der Waals surface area contributed by atoms with Crippen LogP contribution in [0.1, 0.15) is 46.5 Å². The molecule has 12 heteroatoms. The van der Waals surface area contributed by atoms with Crippen molar-refractivity contribution in [2.45, 2.75) is 70.6 Å². The summed E-state index contributed by atoms with van der Waals surface area (Å²) in [7, 11) is 0. The molecule has 4 unspecified atom stereocenters. The first-order chi connectivity index (χ1) is 14.5. The molecule has 176 valence electrons. The summed E-state index contributed by atoms with van der Waals surface area (Å²) >= 11 is 0. The highest BCUT2D eigenvalue weighted by molar-refractivity contribution is 5.94. The van der Waals surface area contributed by atoms with E-state index < -0.39 is 35.9 Å². The first-order valence-electron chi connectivity index (χ1n) is 10.5. The van der Waals surface area contributed by atoms with Crippen molar-refractivity contribution in [1.29, 1.82) is 0 Å². The van der Waals surface area contributed by atoms with Crippen LogP contribution in [-0.2, 0) is 19.2 Å². The maximum Gasteiger partial charge on any atom is 0.325 e. The molecule has 1 saturated heterocycles. The zero-order chi connectivity index (χ0) is 23.6. The molecule has 0 aromatic carbocycles. The Morgan fingerprint density at radius 2 is 1.77 bits per heavy atom. The molecule has 0 bridgehead atoms. The summed E-state index contributed by atoms with van der Waals surface area (Å²) in [6, 6.07) is -3.33. The maximum atomic E-state index is 12.9. The van der Waals surface area contributed by atoms with E-state index >= 15 is 0 Å². The van der Waals surface area contributed by atoms with Crippen LogP contribution in [0, 0.1) is 5.92 Å². The number of carboxylic acid groups (broad SMARTS) is 1. The lowest BCUT2D eigenvalue weighted by Gasteiger charge is -2.26. The lowest BCUT2D eigenvalue weighted by atomic mass is 10.0. The molecule has 0 aromatic heterocycles. The SMILES string of the molecule is CC(NC(=O)C(NC(=O)C(CCCN=C(N)N)NC(=O)C1CCCN1)C(C)C)C(=O)O. The highest BCUT2D eigenvalue weighted by atomic mass is 16.4.